The number of aromatic hydroxyl groups is 1. The third-order valence-corrected chi connectivity index (χ3v) is 3.87. The third-order valence-electron chi connectivity index (χ3n) is 3.87. The van der Waals surface area contributed by atoms with Gasteiger partial charge in [-0.25, -0.2) is 0 Å². The average Bonchev–Trinajstić information content (AvgIpc) is 3.02. The summed E-state index contributed by atoms with van der Waals surface area (Å²) in [7, 11) is 0. The molecule has 1 aliphatic rings. The van der Waals surface area contributed by atoms with E-state index in [1.165, 1.54) is 11.1 Å². The predicted molar refractivity (Wildman–Crippen MR) is 86.7 cm³/mol. The minimum Gasteiger partial charge on any atom is -0.508 e. The lowest BCUT2D eigenvalue weighted by molar-refractivity contribution is 0.475. The van der Waals surface area contributed by atoms with Gasteiger partial charge in [-0.15, -0.1) is 0 Å². The summed E-state index contributed by atoms with van der Waals surface area (Å²) in [5.74, 6) is 1.80. The minimum atomic E-state index is 0.303. The van der Waals surface area contributed by atoms with Gasteiger partial charge in [-0.05, 0) is 35.2 Å². The van der Waals surface area contributed by atoms with Gasteiger partial charge in [0.1, 0.15) is 5.75 Å². The molecule has 0 fully saturated rings. The maximum atomic E-state index is 9.69. The van der Waals surface area contributed by atoms with Crippen LogP contribution < -0.4 is 5.32 Å². The van der Waals surface area contributed by atoms with Crippen LogP contribution in [0.1, 0.15) is 12.5 Å². The first kappa shape index (κ1) is 13.7. The molecule has 2 aromatic carbocycles. The number of phenolic OH excluding ortho intramolecular Hbond substituents is 1. The van der Waals surface area contributed by atoms with Crippen molar-refractivity contribution in [3.8, 4) is 16.9 Å². The van der Waals surface area contributed by atoms with Gasteiger partial charge in [0.05, 0.1) is 12.4 Å². The molecule has 3 rings (SSSR count). The fraction of sp³-hybridized carbons (Fsp3) is 0.278. The largest absolute Gasteiger partial charge is 0.508 e. The summed E-state index contributed by atoms with van der Waals surface area (Å²) in [6.07, 6.45) is 0.942. The zero-order valence-corrected chi connectivity index (χ0v) is 12.2. The number of rotatable bonds is 4. The van der Waals surface area contributed by atoms with E-state index >= 15 is 0 Å². The fourth-order valence-corrected chi connectivity index (χ4v) is 2.83. The Labute approximate surface area is 125 Å². The molecule has 0 radical (unpaired) electrons. The van der Waals surface area contributed by atoms with Crippen molar-refractivity contribution in [2.45, 2.75) is 13.3 Å². The van der Waals surface area contributed by atoms with E-state index in [4.69, 9.17) is 0 Å². The second-order valence-corrected chi connectivity index (χ2v) is 5.51. The van der Waals surface area contributed by atoms with Crippen LogP contribution in [-0.4, -0.2) is 24.0 Å². The molecule has 0 bridgehead atoms. The van der Waals surface area contributed by atoms with E-state index in [2.05, 4.69) is 35.4 Å². The lowest BCUT2D eigenvalue weighted by atomic mass is 9.92. The summed E-state index contributed by atoms with van der Waals surface area (Å²) in [6.45, 7) is 4.04. The maximum absolute atomic E-state index is 9.69. The Morgan fingerprint density at radius 1 is 1.19 bits per heavy atom. The van der Waals surface area contributed by atoms with E-state index < -0.39 is 0 Å². The zero-order chi connectivity index (χ0) is 14.7. The first-order valence-corrected chi connectivity index (χ1v) is 7.39. The number of amidine groups is 1. The standard InChI is InChI=1S/C18H20N2O/c1-13(18-19-9-10-20-18)11-14-5-2-3-8-17(14)15-6-4-7-16(21)12-15/h2-8,12-13,21H,9-11H2,1H3,(H,19,20). The third kappa shape index (κ3) is 3.07. The maximum Gasteiger partial charge on any atom is 0.116 e. The number of phenols is 1. The summed E-state index contributed by atoms with van der Waals surface area (Å²) < 4.78 is 0. The van der Waals surface area contributed by atoms with Gasteiger partial charge >= 0.3 is 0 Å². The first-order chi connectivity index (χ1) is 10.2. The normalized spacial score (nSPS) is 15.4. The highest BCUT2D eigenvalue weighted by molar-refractivity contribution is 5.86. The van der Waals surface area contributed by atoms with Gasteiger partial charge in [0.25, 0.3) is 0 Å². The van der Waals surface area contributed by atoms with Crippen molar-refractivity contribution in [2.24, 2.45) is 10.9 Å². The number of nitrogens with zero attached hydrogens (tertiary/aromatic N) is 1. The molecule has 0 spiro atoms. The highest BCUT2D eigenvalue weighted by Crippen LogP contribution is 2.28. The molecular weight excluding hydrogens is 260 g/mol. The minimum absolute atomic E-state index is 0.303. The molecular formula is C18H20N2O. The Morgan fingerprint density at radius 2 is 2.05 bits per heavy atom. The molecule has 1 atom stereocenters. The molecule has 0 amide bonds. The lowest BCUT2D eigenvalue weighted by Crippen LogP contribution is -2.26. The summed E-state index contributed by atoms with van der Waals surface area (Å²) in [4.78, 5) is 4.51. The molecule has 0 aromatic heterocycles. The Morgan fingerprint density at radius 3 is 2.81 bits per heavy atom. The predicted octanol–water partition coefficient (Wildman–Crippen LogP) is 3.24. The molecule has 108 valence electrons. The smallest absolute Gasteiger partial charge is 0.116 e. The van der Waals surface area contributed by atoms with Crippen molar-refractivity contribution in [1.29, 1.82) is 0 Å². The van der Waals surface area contributed by atoms with Crippen LogP contribution in [0.5, 0.6) is 5.75 Å². The molecule has 0 saturated heterocycles. The molecule has 2 N–H and O–H groups in total. The molecule has 1 heterocycles. The molecule has 1 unspecified atom stereocenters. The summed E-state index contributed by atoms with van der Waals surface area (Å²) in [5.41, 5.74) is 3.52. The van der Waals surface area contributed by atoms with Crippen molar-refractivity contribution < 1.29 is 5.11 Å². The first-order valence-electron chi connectivity index (χ1n) is 7.39. The molecule has 0 aliphatic carbocycles. The van der Waals surface area contributed by atoms with Gasteiger partial charge in [0, 0.05) is 12.5 Å². The van der Waals surface area contributed by atoms with E-state index in [1.54, 1.807) is 6.07 Å². The van der Waals surface area contributed by atoms with E-state index in [9.17, 15) is 5.11 Å². The number of benzene rings is 2. The van der Waals surface area contributed by atoms with E-state index in [1.807, 2.05) is 24.3 Å². The number of hydrogen-bond acceptors (Lipinski definition) is 3. The number of nitrogens with one attached hydrogen (secondary N) is 1. The molecule has 2 aromatic rings. The average molecular weight is 280 g/mol. The summed E-state index contributed by atoms with van der Waals surface area (Å²) in [5, 5.41) is 13.0. The van der Waals surface area contributed by atoms with E-state index in [0.29, 0.717) is 11.7 Å². The van der Waals surface area contributed by atoms with Crippen molar-refractivity contribution in [1.82, 2.24) is 5.32 Å². The monoisotopic (exact) mass is 280 g/mol. The van der Waals surface area contributed by atoms with Crippen LogP contribution in [-0.2, 0) is 6.42 Å². The quantitative estimate of drug-likeness (QED) is 0.903. The van der Waals surface area contributed by atoms with Gasteiger partial charge in [-0.3, -0.25) is 4.99 Å². The Bertz CT molecular complexity index is 664. The molecule has 0 saturated carbocycles. The topological polar surface area (TPSA) is 44.6 Å². The number of hydrogen-bond donors (Lipinski definition) is 2. The SMILES string of the molecule is CC(Cc1ccccc1-c1cccc(O)c1)C1=NCCN1. The molecule has 3 nitrogen and oxygen atoms in total. The van der Waals surface area contributed by atoms with Crippen molar-refractivity contribution in [3.63, 3.8) is 0 Å². The molecule has 21 heavy (non-hydrogen) atoms. The lowest BCUT2D eigenvalue weighted by Gasteiger charge is -2.15. The van der Waals surface area contributed by atoms with Crippen molar-refractivity contribution >= 4 is 5.84 Å². The van der Waals surface area contributed by atoms with Crippen LogP contribution >= 0.6 is 0 Å². The Hall–Kier alpha value is -2.29. The van der Waals surface area contributed by atoms with Crippen molar-refractivity contribution in [2.75, 3.05) is 13.1 Å². The zero-order valence-electron chi connectivity index (χ0n) is 12.2. The van der Waals surface area contributed by atoms with E-state index in [-0.39, 0.29) is 0 Å². The molecule has 1 aliphatic heterocycles. The Kier molecular flexibility index (Phi) is 3.91. The van der Waals surface area contributed by atoms with Crippen LogP contribution in [0, 0.1) is 5.92 Å². The van der Waals surface area contributed by atoms with Crippen LogP contribution in [0.3, 0.4) is 0 Å². The van der Waals surface area contributed by atoms with Crippen LogP contribution in [0.4, 0.5) is 0 Å². The Balaban J connectivity index is 1.89. The van der Waals surface area contributed by atoms with Gasteiger partial charge in [-0.1, -0.05) is 43.3 Å². The highest BCUT2D eigenvalue weighted by Gasteiger charge is 2.16. The van der Waals surface area contributed by atoms with Crippen LogP contribution in [0.2, 0.25) is 0 Å². The fourth-order valence-electron chi connectivity index (χ4n) is 2.83. The van der Waals surface area contributed by atoms with Gasteiger partial charge < -0.3 is 10.4 Å². The van der Waals surface area contributed by atoms with E-state index in [0.717, 1.165) is 30.9 Å². The van der Waals surface area contributed by atoms with Crippen molar-refractivity contribution in [3.05, 3.63) is 54.1 Å². The van der Waals surface area contributed by atoms with Crippen LogP contribution in [0.25, 0.3) is 11.1 Å². The summed E-state index contributed by atoms with van der Waals surface area (Å²) in [6, 6.07) is 15.8. The highest BCUT2D eigenvalue weighted by atomic mass is 16.3. The summed E-state index contributed by atoms with van der Waals surface area (Å²) >= 11 is 0. The number of aliphatic imine (C=N–C) groups is 1. The van der Waals surface area contributed by atoms with Crippen LogP contribution in [0.15, 0.2) is 53.5 Å². The van der Waals surface area contributed by atoms with Gasteiger partial charge in [0.15, 0.2) is 0 Å². The van der Waals surface area contributed by atoms with Gasteiger partial charge in [0.2, 0.25) is 0 Å². The van der Waals surface area contributed by atoms with Gasteiger partial charge in [-0.2, -0.15) is 0 Å². The second kappa shape index (κ2) is 6.00. The second-order valence-electron chi connectivity index (χ2n) is 5.51. The molecule has 3 heteroatoms.